The van der Waals surface area contributed by atoms with Gasteiger partial charge in [-0.25, -0.2) is 8.42 Å². The lowest BCUT2D eigenvalue weighted by Crippen LogP contribution is -2.51. The van der Waals surface area contributed by atoms with Crippen molar-refractivity contribution in [2.24, 2.45) is 0 Å². The molecule has 0 radical (unpaired) electrons. The monoisotopic (exact) mass is 419 g/mol. The van der Waals surface area contributed by atoms with E-state index >= 15 is 0 Å². The van der Waals surface area contributed by atoms with Gasteiger partial charge in [-0.2, -0.15) is 0 Å². The molecular weight excluding hydrogens is 390 g/mol. The third kappa shape index (κ3) is 4.33. The minimum atomic E-state index is -3.15. The van der Waals surface area contributed by atoms with Crippen LogP contribution in [-0.2, 0) is 25.8 Å². The van der Waals surface area contributed by atoms with E-state index in [4.69, 9.17) is 0 Å². The average molecular weight is 420 g/mol. The minimum Gasteiger partial charge on any atom is -0.351 e. The number of hydrogen-bond donors (Lipinski definition) is 1. The first-order chi connectivity index (χ1) is 13.8. The average Bonchev–Trinajstić information content (AvgIpc) is 3.29. The van der Waals surface area contributed by atoms with Crippen molar-refractivity contribution in [1.82, 2.24) is 15.1 Å². The van der Waals surface area contributed by atoms with E-state index in [2.05, 4.69) is 10.2 Å². The number of rotatable bonds is 4. The number of fused-ring (bicyclic) bond motifs is 1. The molecule has 1 N–H and O–H groups in total. The van der Waals surface area contributed by atoms with E-state index in [0.29, 0.717) is 6.54 Å². The molecule has 3 aliphatic heterocycles. The molecule has 0 bridgehead atoms. The van der Waals surface area contributed by atoms with E-state index < -0.39 is 9.84 Å². The van der Waals surface area contributed by atoms with Gasteiger partial charge in [0.25, 0.3) is 0 Å². The van der Waals surface area contributed by atoms with Crippen LogP contribution in [-0.4, -0.2) is 73.3 Å². The number of nitrogens with one attached hydrogen (secondary N) is 1. The molecular formula is C21H29N3O4S. The van der Waals surface area contributed by atoms with Gasteiger partial charge in [0.15, 0.2) is 9.84 Å². The number of carbonyl (C=O) groups excluding carboxylic acids is 2. The van der Waals surface area contributed by atoms with Crippen molar-refractivity contribution < 1.29 is 18.0 Å². The van der Waals surface area contributed by atoms with E-state index in [9.17, 15) is 18.0 Å². The van der Waals surface area contributed by atoms with Crippen LogP contribution in [0.5, 0.6) is 0 Å². The highest BCUT2D eigenvalue weighted by Crippen LogP contribution is 2.32. The number of likely N-dealkylation sites (tertiary alicyclic amines) is 1. The zero-order chi connectivity index (χ0) is 20.6. The summed E-state index contributed by atoms with van der Waals surface area (Å²) in [5.74, 6) is -0.124. The van der Waals surface area contributed by atoms with Crippen LogP contribution in [0, 0.1) is 0 Å². The molecule has 3 aliphatic rings. The third-order valence-electron chi connectivity index (χ3n) is 6.47. The first kappa shape index (κ1) is 20.3. The van der Waals surface area contributed by atoms with E-state index in [-0.39, 0.29) is 47.9 Å². The quantitative estimate of drug-likeness (QED) is 0.784. The van der Waals surface area contributed by atoms with Crippen molar-refractivity contribution in [1.29, 1.82) is 0 Å². The highest BCUT2D eigenvalue weighted by Gasteiger charge is 2.42. The first-order valence-corrected chi connectivity index (χ1v) is 12.2. The van der Waals surface area contributed by atoms with Gasteiger partial charge in [-0.15, -0.1) is 0 Å². The summed E-state index contributed by atoms with van der Waals surface area (Å²) in [6.07, 6.45) is 3.08. The summed E-state index contributed by atoms with van der Waals surface area (Å²) >= 11 is 0. The number of hydrogen-bond acceptors (Lipinski definition) is 5. The number of amides is 2. The van der Waals surface area contributed by atoms with Gasteiger partial charge < -0.3 is 10.2 Å². The minimum absolute atomic E-state index is 0.00240. The van der Waals surface area contributed by atoms with Gasteiger partial charge in [0, 0.05) is 19.5 Å². The Kier molecular flexibility index (Phi) is 5.66. The van der Waals surface area contributed by atoms with Crippen LogP contribution in [0.25, 0.3) is 0 Å². The van der Waals surface area contributed by atoms with Gasteiger partial charge in [0.2, 0.25) is 11.8 Å². The lowest BCUT2D eigenvalue weighted by molar-refractivity contribution is -0.133. The maximum Gasteiger partial charge on any atom is 0.222 e. The lowest BCUT2D eigenvalue weighted by atomic mass is 9.90. The summed E-state index contributed by atoms with van der Waals surface area (Å²) < 4.78 is 24.5. The van der Waals surface area contributed by atoms with Crippen LogP contribution in [0.1, 0.15) is 43.4 Å². The normalized spacial score (nSPS) is 28.9. The Morgan fingerprint density at radius 3 is 2.55 bits per heavy atom. The highest BCUT2D eigenvalue weighted by molar-refractivity contribution is 7.91. The summed E-state index contributed by atoms with van der Waals surface area (Å²) in [7, 11) is -3.15. The Balaban J connectivity index is 1.50. The predicted octanol–water partition coefficient (Wildman–Crippen LogP) is 0.900. The second kappa shape index (κ2) is 8.07. The molecule has 158 valence electrons. The van der Waals surface area contributed by atoms with E-state index in [1.54, 1.807) is 4.90 Å². The number of nitrogens with zero attached hydrogens (tertiary/aromatic N) is 2. The van der Waals surface area contributed by atoms with Gasteiger partial charge in [-0.05, 0) is 43.5 Å². The van der Waals surface area contributed by atoms with Crippen molar-refractivity contribution in [3.8, 4) is 0 Å². The molecule has 2 fully saturated rings. The molecule has 0 aromatic heterocycles. The second-order valence-corrected chi connectivity index (χ2v) is 10.6. The molecule has 3 unspecified atom stereocenters. The first-order valence-electron chi connectivity index (χ1n) is 10.4. The van der Waals surface area contributed by atoms with Crippen LogP contribution in [0.2, 0.25) is 0 Å². The largest absolute Gasteiger partial charge is 0.351 e. The van der Waals surface area contributed by atoms with Gasteiger partial charge in [0.05, 0.1) is 30.0 Å². The molecule has 7 nitrogen and oxygen atoms in total. The number of sulfone groups is 1. The molecule has 0 aliphatic carbocycles. The van der Waals surface area contributed by atoms with Crippen LogP contribution >= 0.6 is 0 Å². The molecule has 2 saturated heterocycles. The molecule has 3 heterocycles. The van der Waals surface area contributed by atoms with Gasteiger partial charge in [-0.3, -0.25) is 14.5 Å². The molecule has 0 spiro atoms. The molecule has 3 atom stereocenters. The summed E-state index contributed by atoms with van der Waals surface area (Å²) in [5, 5.41) is 3.00. The summed E-state index contributed by atoms with van der Waals surface area (Å²) in [5.41, 5.74) is 2.18. The zero-order valence-corrected chi connectivity index (χ0v) is 17.7. The van der Waals surface area contributed by atoms with Crippen LogP contribution in [0.3, 0.4) is 0 Å². The standard InChI is InChI=1S/C21H29N3O4S/c1-15(25)24-11-8-16-6-2-3-7-17(16)19(24)12-21(26)22-18-13-29(27,28)14-20(18)23-9-4-5-10-23/h2-3,6-7,18-20H,4-5,8-14H2,1H3,(H,22,26). The molecule has 4 rings (SSSR count). The van der Waals surface area contributed by atoms with Gasteiger partial charge >= 0.3 is 0 Å². The number of carbonyl (C=O) groups is 2. The van der Waals surface area contributed by atoms with Gasteiger partial charge in [0.1, 0.15) is 0 Å². The van der Waals surface area contributed by atoms with Crippen LogP contribution in [0.4, 0.5) is 0 Å². The molecule has 8 heteroatoms. The van der Waals surface area contributed by atoms with E-state index in [0.717, 1.165) is 37.9 Å². The highest BCUT2D eigenvalue weighted by atomic mass is 32.2. The topological polar surface area (TPSA) is 86.8 Å². The molecule has 1 aromatic carbocycles. The summed E-state index contributed by atoms with van der Waals surface area (Å²) in [4.78, 5) is 29.1. The molecule has 29 heavy (non-hydrogen) atoms. The molecule has 2 amide bonds. The van der Waals surface area contributed by atoms with Crippen LogP contribution < -0.4 is 5.32 Å². The van der Waals surface area contributed by atoms with Crippen molar-refractivity contribution in [2.45, 2.75) is 50.7 Å². The third-order valence-corrected chi connectivity index (χ3v) is 8.19. The van der Waals surface area contributed by atoms with Crippen molar-refractivity contribution >= 4 is 21.7 Å². The maximum absolute atomic E-state index is 13.0. The second-order valence-electron chi connectivity index (χ2n) is 8.44. The van der Waals surface area contributed by atoms with Gasteiger partial charge in [-0.1, -0.05) is 24.3 Å². The van der Waals surface area contributed by atoms with E-state index in [1.807, 2.05) is 24.3 Å². The molecule has 1 aromatic rings. The Labute approximate surface area is 172 Å². The van der Waals surface area contributed by atoms with E-state index in [1.165, 1.54) is 12.5 Å². The van der Waals surface area contributed by atoms with Crippen molar-refractivity contribution in [2.75, 3.05) is 31.1 Å². The predicted molar refractivity (Wildman–Crippen MR) is 110 cm³/mol. The lowest BCUT2D eigenvalue weighted by Gasteiger charge is -2.37. The Bertz CT molecular complexity index is 895. The van der Waals surface area contributed by atoms with Crippen molar-refractivity contribution in [3.05, 3.63) is 35.4 Å². The maximum atomic E-state index is 13.0. The fourth-order valence-corrected chi connectivity index (χ4v) is 7.04. The van der Waals surface area contributed by atoms with Crippen molar-refractivity contribution in [3.63, 3.8) is 0 Å². The summed E-state index contributed by atoms with van der Waals surface area (Å²) in [6.45, 7) is 3.91. The van der Waals surface area contributed by atoms with Crippen LogP contribution in [0.15, 0.2) is 24.3 Å². The zero-order valence-electron chi connectivity index (χ0n) is 16.8. The fourth-order valence-electron chi connectivity index (χ4n) is 5.09. The Hall–Kier alpha value is -1.93. The number of benzene rings is 1. The SMILES string of the molecule is CC(=O)N1CCc2ccccc2C1CC(=O)NC1CS(=O)(=O)CC1N1CCCC1. The fraction of sp³-hybridized carbons (Fsp3) is 0.619. The Morgan fingerprint density at radius 2 is 1.83 bits per heavy atom. The smallest absolute Gasteiger partial charge is 0.222 e. The molecule has 0 saturated carbocycles. The Morgan fingerprint density at radius 1 is 1.10 bits per heavy atom. The summed E-state index contributed by atoms with van der Waals surface area (Å²) in [6, 6.07) is 7.11.